The van der Waals surface area contributed by atoms with Gasteiger partial charge in [-0.2, -0.15) is 12.6 Å². The molecule has 3 rings (SSSR count). The number of hydroxylamine groups is 1. The molecule has 1 heterocycles. The maximum atomic E-state index is 13.1. The molecule has 0 saturated heterocycles. The van der Waals surface area contributed by atoms with Gasteiger partial charge in [0.25, 0.3) is 5.91 Å². The number of amides is 1. The molecule has 0 bridgehead atoms. The van der Waals surface area contributed by atoms with E-state index >= 15 is 0 Å². The summed E-state index contributed by atoms with van der Waals surface area (Å²) in [6.45, 7) is 1.59. The minimum atomic E-state index is -4.15. The van der Waals surface area contributed by atoms with Crippen molar-refractivity contribution in [3.8, 4) is 11.5 Å². The van der Waals surface area contributed by atoms with Crippen LogP contribution in [0.1, 0.15) is 19.2 Å². The zero-order valence-electron chi connectivity index (χ0n) is 18.0. The molecule has 0 spiro atoms. The van der Waals surface area contributed by atoms with E-state index in [-0.39, 0.29) is 4.90 Å². The molecule has 0 aliphatic carbocycles. The van der Waals surface area contributed by atoms with Crippen LogP contribution in [0.2, 0.25) is 0 Å². The molecule has 0 saturated carbocycles. The normalized spacial score (nSPS) is 15.3. The molecule has 0 fully saturated rings. The minimum absolute atomic E-state index is 0.120. The fourth-order valence-electron chi connectivity index (χ4n) is 3.57. The number of carbonyl (C=O) groups is 1. The molecular weight excluding hydrogens is 466 g/mol. The number of nitrogens with one attached hydrogen (secondary N) is 1. The Kier molecular flexibility index (Phi) is 7.17. The summed E-state index contributed by atoms with van der Waals surface area (Å²) in [7, 11) is -2.45. The van der Waals surface area contributed by atoms with Crippen LogP contribution < -0.4 is 10.2 Å². The Morgan fingerprint density at radius 2 is 1.76 bits per heavy atom. The van der Waals surface area contributed by atoms with Crippen LogP contribution in [0.25, 0.3) is 0 Å². The molecule has 2 aromatic carbocycles. The van der Waals surface area contributed by atoms with Gasteiger partial charge in [-0.05, 0) is 43.3 Å². The summed E-state index contributed by atoms with van der Waals surface area (Å²) in [5.41, 5.74) is -1.13. The third-order valence-corrected chi connectivity index (χ3v) is 7.26. The third kappa shape index (κ3) is 5.74. The van der Waals surface area contributed by atoms with Crippen molar-refractivity contribution < 1.29 is 28.3 Å². The number of hydrogen-bond acceptors (Lipinski definition) is 8. The molecule has 0 aliphatic rings. The van der Waals surface area contributed by atoms with Gasteiger partial charge in [0.15, 0.2) is 15.4 Å². The lowest BCUT2D eigenvalue weighted by molar-refractivity contribution is -0.147. The monoisotopic (exact) mass is 491 g/mol. The van der Waals surface area contributed by atoms with Gasteiger partial charge < -0.3 is 14.4 Å². The molecule has 2 atom stereocenters. The number of para-hydroxylation sites is 1. The van der Waals surface area contributed by atoms with E-state index < -0.39 is 38.3 Å². The summed E-state index contributed by atoms with van der Waals surface area (Å²) in [5.74, 6) is -0.823. The number of benzene rings is 2. The van der Waals surface area contributed by atoms with Crippen LogP contribution in [0.5, 0.6) is 11.5 Å². The number of thiol groups is 1. The lowest BCUT2D eigenvalue weighted by Crippen LogP contribution is -2.53. The number of aryl methyl sites for hydroxylation is 1. The molecule has 176 valence electrons. The summed E-state index contributed by atoms with van der Waals surface area (Å²) in [5, 5.41) is 20.3. The summed E-state index contributed by atoms with van der Waals surface area (Å²) in [6, 6.07) is 14.6. The van der Waals surface area contributed by atoms with Crippen molar-refractivity contribution in [3.05, 3.63) is 72.8 Å². The lowest BCUT2D eigenvalue weighted by Gasteiger charge is -2.33. The minimum Gasteiger partial charge on any atom is -0.457 e. The lowest BCUT2D eigenvalue weighted by atomic mass is 9.91. The van der Waals surface area contributed by atoms with E-state index in [0.717, 1.165) is 0 Å². The van der Waals surface area contributed by atoms with Crippen LogP contribution in [0.15, 0.2) is 71.9 Å². The van der Waals surface area contributed by atoms with Gasteiger partial charge in [0.2, 0.25) is 0 Å². The second-order valence-corrected chi connectivity index (χ2v) is 10.9. The number of imidazole rings is 1. The number of hydrogen-bond donors (Lipinski definition) is 4. The molecule has 9 nitrogen and oxygen atoms in total. The van der Waals surface area contributed by atoms with Crippen molar-refractivity contribution >= 4 is 28.4 Å². The van der Waals surface area contributed by atoms with Crippen LogP contribution in [-0.4, -0.2) is 45.5 Å². The van der Waals surface area contributed by atoms with Crippen molar-refractivity contribution in [3.63, 3.8) is 0 Å². The molecule has 3 aromatic rings. The van der Waals surface area contributed by atoms with Gasteiger partial charge in [-0.3, -0.25) is 10.0 Å². The first-order valence-corrected chi connectivity index (χ1v) is 12.0. The average Bonchev–Trinajstić information content (AvgIpc) is 3.20. The third-order valence-electron chi connectivity index (χ3n) is 5.05. The van der Waals surface area contributed by atoms with Crippen molar-refractivity contribution in [2.24, 2.45) is 7.05 Å². The van der Waals surface area contributed by atoms with E-state index in [1.165, 1.54) is 35.9 Å². The SMILES string of the molecule is Cn1ccnc1C(C)(S)CC(O)(CS(=O)(=O)c1ccc(Oc2ccccc2)cc1)C(=O)NO. The van der Waals surface area contributed by atoms with Crippen molar-refractivity contribution in [2.45, 2.75) is 28.6 Å². The first-order valence-electron chi connectivity index (χ1n) is 9.90. The fourth-order valence-corrected chi connectivity index (χ4v) is 5.63. The van der Waals surface area contributed by atoms with E-state index in [4.69, 9.17) is 4.74 Å². The molecular formula is C22H25N3O6S2. The summed E-state index contributed by atoms with van der Waals surface area (Å²) in [4.78, 5) is 16.4. The van der Waals surface area contributed by atoms with Gasteiger partial charge in [-0.25, -0.2) is 18.9 Å². The van der Waals surface area contributed by atoms with Crippen molar-refractivity contribution in [1.82, 2.24) is 15.0 Å². The van der Waals surface area contributed by atoms with Gasteiger partial charge in [-0.1, -0.05) is 18.2 Å². The van der Waals surface area contributed by atoms with Gasteiger partial charge in [-0.15, -0.1) is 0 Å². The fraction of sp³-hybridized carbons (Fsp3) is 0.273. The predicted molar refractivity (Wildman–Crippen MR) is 124 cm³/mol. The topological polar surface area (TPSA) is 131 Å². The first kappa shape index (κ1) is 24.8. The van der Waals surface area contributed by atoms with Crippen molar-refractivity contribution in [2.75, 3.05) is 5.75 Å². The number of ether oxygens (including phenoxy) is 1. The largest absolute Gasteiger partial charge is 0.457 e. The Morgan fingerprint density at radius 3 is 2.30 bits per heavy atom. The van der Waals surface area contributed by atoms with Crippen LogP contribution in [-0.2, 0) is 26.4 Å². The molecule has 1 amide bonds. The zero-order chi connectivity index (χ0) is 24.3. The Bertz CT molecular complexity index is 1210. The Balaban J connectivity index is 1.84. The van der Waals surface area contributed by atoms with Crippen LogP contribution in [0.3, 0.4) is 0 Å². The smallest absolute Gasteiger partial charge is 0.276 e. The molecule has 11 heteroatoms. The first-order chi connectivity index (χ1) is 15.5. The zero-order valence-corrected chi connectivity index (χ0v) is 19.8. The van der Waals surface area contributed by atoms with E-state index in [1.54, 1.807) is 49.0 Å². The van der Waals surface area contributed by atoms with Crippen LogP contribution >= 0.6 is 12.6 Å². The second kappa shape index (κ2) is 9.56. The molecule has 33 heavy (non-hydrogen) atoms. The number of aromatic nitrogens is 2. The predicted octanol–water partition coefficient (Wildman–Crippen LogP) is 2.46. The number of nitrogens with zero attached hydrogens (tertiary/aromatic N) is 2. The average molecular weight is 492 g/mol. The van der Waals surface area contributed by atoms with Crippen LogP contribution in [0.4, 0.5) is 0 Å². The number of sulfone groups is 1. The highest BCUT2D eigenvalue weighted by molar-refractivity contribution is 7.91. The van der Waals surface area contributed by atoms with Crippen molar-refractivity contribution in [1.29, 1.82) is 0 Å². The highest BCUT2D eigenvalue weighted by Gasteiger charge is 2.47. The molecule has 0 radical (unpaired) electrons. The second-order valence-electron chi connectivity index (χ2n) is 7.93. The van der Waals surface area contributed by atoms with E-state index in [2.05, 4.69) is 17.6 Å². The Morgan fingerprint density at radius 1 is 1.15 bits per heavy atom. The standard InChI is InChI=1S/C22H25N3O6S2/c1-21(32,19-23-12-13-25(19)2)14-22(27,20(26)24-28)15-33(29,30)18-10-8-17(9-11-18)31-16-6-4-3-5-7-16/h3-13,27-28,32H,14-15H2,1-2H3,(H,24,26). The molecule has 3 N–H and O–H groups in total. The number of carbonyl (C=O) groups excluding carboxylic acids is 1. The van der Waals surface area contributed by atoms with Gasteiger partial charge in [0.1, 0.15) is 17.3 Å². The highest BCUT2D eigenvalue weighted by Crippen LogP contribution is 2.37. The summed E-state index contributed by atoms with van der Waals surface area (Å²) < 4.78 is 32.2. The maximum absolute atomic E-state index is 13.1. The summed E-state index contributed by atoms with van der Waals surface area (Å²) in [6.07, 6.45) is 2.74. The quantitative estimate of drug-likeness (QED) is 0.205. The molecule has 1 aromatic heterocycles. The molecule has 2 unspecified atom stereocenters. The number of rotatable bonds is 9. The maximum Gasteiger partial charge on any atom is 0.276 e. The molecule has 0 aliphatic heterocycles. The van der Waals surface area contributed by atoms with Gasteiger partial charge in [0.05, 0.1) is 15.4 Å². The summed E-state index contributed by atoms with van der Waals surface area (Å²) >= 11 is 4.52. The Hall–Kier alpha value is -2.86. The van der Waals surface area contributed by atoms with E-state index in [0.29, 0.717) is 17.3 Å². The Labute approximate surface area is 197 Å². The van der Waals surface area contributed by atoms with Crippen LogP contribution in [0, 0.1) is 0 Å². The van der Waals surface area contributed by atoms with Gasteiger partial charge in [0, 0.05) is 25.9 Å². The van der Waals surface area contributed by atoms with Gasteiger partial charge >= 0.3 is 0 Å². The number of aliphatic hydroxyl groups is 1. The highest BCUT2D eigenvalue weighted by atomic mass is 32.2. The van der Waals surface area contributed by atoms with E-state index in [1.807, 2.05) is 6.07 Å². The van der Waals surface area contributed by atoms with E-state index in [9.17, 15) is 23.5 Å².